The number of ether oxygens (including phenoxy) is 1. The van der Waals surface area contributed by atoms with Crippen molar-refractivity contribution in [1.82, 2.24) is 10.2 Å². The van der Waals surface area contributed by atoms with Gasteiger partial charge in [-0.05, 0) is 37.2 Å². The van der Waals surface area contributed by atoms with Crippen molar-refractivity contribution in [3.05, 3.63) is 35.9 Å². The summed E-state index contributed by atoms with van der Waals surface area (Å²) in [5.74, 6) is 0.827. The van der Waals surface area contributed by atoms with E-state index in [1.54, 1.807) is 0 Å². The first-order chi connectivity index (χ1) is 11.2. The van der Waals surface area contributed by atoms with Crippen LogP contribution in [-0.4, -0.2) is 43.1 Å². The molecule has 2 heterocycles. The van der Waals surface area contributed by atoms with Crippen LogP contribution in [0.1, 0.15) is 37.7 Å². The number of piperidine rings is 1. The third-order valence-corrected chi connectivity index (χ3v) is 5.14. The second-order valence-corrected chi connectivity index (χ2v) is 7.03. The molecule has 23 heavy (non-hydrogen) atoms. The zero-order chi connectivity index (χ0) is 16.1. The highest BCUT2D eigenvalue weighted by atomic mass is 16.5. The van der Waals surface area contributed by atoms with Gasteiger partial charge in [-0.2, -0.15) is 0 Å². The van der Waals surface area contributed by atoms with Crippen LogP contribution in [0.5, 0.6) is 0 Å². The predicted molar refractivity (Wildman–Crippen MR) is 91.0 cm³/mol. The van der Waals surface area contributed by atoms with E-state index in [2.05, 4.69) is 17.4 Å². The van der Waals surface area contributed by atoms with E-state index in [-0.39, 0.29) is 5.91 Å². The third-order valence-electron chi connectivity index (χ3n) is 5.14. The van der Waals surface area contributed by atoms with E-state index in [0.717, 1.165) is 0 Å². The van der Waals surface area contributed by atoms with Gasteiger partial charge in [0.05, 0.1) is 13.2 Å². The molecule has 1 amide bonds. The van der Waals surface area contributed by atoms with Gasteiger partial charge in [-0.3, -0.25) is 4.79 Å². The lowest BCUT2D eigenvalue weighted by Gasteiger charge is -2.30. The maximum atomic E-state index is 12.4. The first-order valence-corrected chi connectivity index (χ1v) is 8.82. The Morgan fingerprint density at radius 2 is 1.91 bits per heavy atom. The molecule has 0 aromatic heterocycles. The smallest absolute Gasteiger partial charge is 0.222 e. The van der Waals surface area contributed by atoms with Crippen molar-refractivity contribution in [3.8, 4) is 0 Å². The number of benzene rings is 1. The first-order valence-electron chi connectivity index (χ1n) is 8.82. The van der Waals surface area contributed by atoms with Gasteiger partial charge in [0.15, 0.2) is 0 Å². The Hall–Kier alpha value is -1.39. The van der Waals surface area contributed by atoms with Gasteiger partial charge in [0, 0.05) is 32.1 Å². The normalized spacial score (nSPS) is 26.2. The number of nitrogens with zero attached hydrogens (tertiary/aromatic N) is 1. The SMILES string of the molecule is CN(CCOCc1ccccc1)C(=O)CC1CC2CCC(C1)N2. The maximum absolute atomic E-state index is 12.4. The summed E-state index contributed by atoms with van der Waals surface area (Å²) in [7, 11) is 1.89. The number of amides is 1. The minimum absolute atomic E-state index is 0.264. The number of likely N-dealkylation sites (N-methyl/N-ethyl adjacent to an activating group) is 1. The van der Waals surface area contributed by atoms with Crippen LogP contribution < -0.4 is 5.32 Å². The summed E-state index contributed by atoms with van der Waals surface area (Å²) >= 11 is 0. The predicted octanol–water partition coefficient (Wildman–Crippen LogP) is 2.58. The summed E-state index contributed by atoms with van der Waals surface area (Å²) in [6, 6.07) is 11.5. The fourth-order valence-corrected chi connectivity index (χ4v) is 3.84. The lowest BCUT2D eigenvalue weighted by atomic mass is 9.89. The van der Waals surface area contributed by atoms with Crippen molar-refractivity contribution in [1.29, 1.82) is 0 Å². The van der Waals surface area contributed by atoms with E-state index < -0.39 is 0 Å². The molecule has 4 nitrogen and oxygen atoms in total. The third kappa shape index (κ3) is 4.79. The topological polar surface area (TPSA) is 41.6 Å². The molecule has 2 aliphatic rings. The summed E-state index contributed by atoms with van der Waals surface area (Å²) in [6.45, 7) is 1.87. The van der Waals surface area contributed by atoms with Gasteiger partial charge >= 0.3 is 0 Å². The molecule has 126 valence electrons. The number of hydrogen-bond donors (Lipinski definition) is 1. The van der Waals surface area contributed by atoms with Crippen molar-refractivity contribution in [3.63, 3.8) is 0 Å². The number of nitrogens with one attached hydrogen (secondary N) is 1. The number of carbonyl (C=O) groups is 1. The number of fused-ring (bicyclic) bond motifs is 2. The van der Waals surface area contributed by atoms with Gasteiger partial charge in [0.25, 0.3) is 0 Å². The Balaban J connectivity index is 1.33. The second kappa shape index (κ2) is 7.93. The largest absolute Gasteiger partial charge is 0.375 e. The molecule has 0 aliphatic carbocycles. The van der Waals surface area contributed by atoms with E-state index in [1.165, 1.54) is 31.2 Å². The van der Waals surface area contributed by atoms with E-state index in [9.17, 15) is 4.79 Å². The minimum atomic E-state index is 0.264. The lowest BCUT2D eigenvalue weighted by molar-refractivity contribution is -0.131. The quantitative estimate of drug-likeness (QED) is 0.786. The van der Waals surface area contributed by atoms with Crippen molar-refractivity contribution >= 4 is 5.91 Å². The summed E-state index contributed by atoms with van der Waals surface area (Å²) in [6.07, 6.45) is 5.61. The van der Waals surface area contributed by atoms with Crippen LogP contribution in [0, 0.1) is 5.92 Å². The van der Waals surface area contributed by atoms with E-state index in [0.29, 0.717) is 44.2 Å². The standard InChI is InChI=1S/C19H28N2O2/c1-21(9-10-23-14-15-5-3-2-4-6-15)19(22)13-16-11-17-7-8-18(12-16)20-17/h2-6,16-18,20H,7-14H2,1H3. The molecule has 1 aromatic carbocycles. The highest BCUT2D eigenvalue weighted by Gasteiger charge is 2.34. The number of rotatable bonds is 7. The van der Waals surface area contributed by atoms with Crippen molar-refractivity contribution in [2.45, 2.75) is 50.8 Å². The number of hydrogen-bond acceptors (Lipinski definition) is 3. The Morgan fingerprint density at radius 1 is 1.22 bits per heavy atom. The first kappa shape index (κ1) is 16.5. The van der Waals surface area contributed by atoms with Gasteiger partial charge in [-0.15, -0.1) is 0 Å². The van der Waals surface area contributed by atoms with Crippen LogP contribution >= 0.6 is 0 Å². The Labute approximate surface area is 139 Å². The van der Waals surface area contributed by atoms with Gasteiger partial charge < -0.3 is 15.0 Å². The summed E-state index contributed by atoms with van der Waals surface area (Å²) in [5.41, 5.74) is 1.17. The molecule has 0 radical (unpaired) electrons. The molecule has 2 atom stereocenters. The zero-order valence-corrected chi connectivity index (χ0v) is 14.0. The highest BCUT2D eigenvalue weighted by Crippen LogP contribution is 2.32. The van der Waals surface area contributed by atoms with Crippen LogP contribution in [-0.2, 0) is 16.1 Å². The molecule has 0 spiro atoms. The van der Waals surface area contributed by atoms with E-state index in [4.69, 9.17) is 4.74 Å². The molecule has 0 saturated carbocycles. The summed E-state index contributed by atoms with van der Waals surface area (Å²) in [5, 5.41) is 3.64. The van der Waals surface area contributed by atoms with Gasteiger partial charge in [0.2, 0.25) is 5.91 Å². The molecular weight excluding hydrogens is 288 g/mol. The van der Waals surface area contributed by atoms with Gasteiger partial charge in [-0.25, -0.2) is 0 Å². The molecule has 1 aromatic rings. The zero-order valence-electron chi connectivity index (χ0n) is 14.0. The van der Waals surface area contributed by atoms with Gasteiger partial charge in [0.1, 0.15) is 0 Å². The van der Waals surface area contributed by atoms with Crippen LogP contribution in [0.4, 0.5) is 0 Å². The van der Waals surface area contributed by atoms with Crippen LogP contribution in [0.3, 0.4) is 0 Å². The molecule has 2 bridgehead atoms. The summed E-state index contributed by atoms with van der Waals surface area (Å²) in [4.78, 5) is 14.2. The molecule has 2 saturated heterocycles. The average Bonchev–Trinajstić information content (AvgIpc) is 2.91. The summed E-state index contributed by atoms with van der Waals surface area (Å²) < 4.78 is 5.67. The Kier molecular flexibility index (Phi) is 5.68. The Morgan fingerprint density at radius 3 is 2.61 bits per heavy atom. The van der Waals surface area contributed by atoms with Crippen LogP contribution in [0.15, 0.2) is 30.3 Å². The highest BCUT2D eigenvalue weighted by molar-refractivity contribution is 5.76. The molecule has 2 unspecified atom stereocenters. The molecule has 4 heteroatoms. The van der Waals surface area contributed by atoms with Gasteiger partial charge in [-0.1, -0.05) is 30.3 Å². The monoisotopic (exact) mass is 316 g/mol. The van der Waals surface area contributed by atoms with Crippen molar-refractivity contribution in [2.24, 2.45) is 5.92 Å². The molecule has 2 fully saturated rings. The molecule has 3 rings (SSSR count). The van der Waals surface area contributed by atoms with Crippen LogP contribution in [0.25, 0.3) is 0 Å². The van der Waals surface area contributed by atoms with Crippen molar-refractivity contribution < 1.29 is 9.53 Å². The second-order valence-electron chi connectivity index (χ2n) is 7.03. The van der Waals surface area contributed by atoms with Crippen LogP contribution in [0.2, 0.25) is 0 Å². The van der Waals surface area contributed by atoms with E-state index >= 15 is 0 Å². The lowest BCUT2D eigenvalue weighted by Crippen LogP contribution is -2.40. The maximum Gasteiger partial charge on any atom is 0.222 e. The number of carbonyl (C=O) groups excluding carboxylic acids is 1. The molecule has 2 aliphatic heterocycles. The fraction of sp³-hybridized carbons (Fsp3) is 0.632. The molecular formula is C19H28N2O2. The molecule has 1 N–H and O–H groups in total. The van der Waals surface area contributed by atoms with E-state index in [1.807, 2.05) is 30.1 Å². The average molecular weight is 316 g/mol. The Bertz CT molecular complexity index is 493. The fourth-order valence-electron chi connectivity index (χ4n) is 3.84. The van der Waals surface area contributed by atoms with Crippen molar-refractivity contribution in [2.75, 3.05) is 20.2 Å². The minimum Gasteiger partial charge on any atom is -0.375 e.